The van der Waals surface area contributed by atoms with Crippen molar-refractivity contribution in [2.24, 2.45) is 0 Å². The van der Waals surface area contributed by atoms with Gasteiger partial charge in [-0.1, -0.05) is 34.1 Å². The molecule has 7 nitrogen and oxygen atoms in total. The number of nitrogens with one attached hydrogen (secondary N) is 1. The third-order valence-corrected chi connectivity index (χ3v) is 6.83. The van der Waals surface area contributed by atoms with E-state index in [1.165, 1.54) is 0 Å². The van der Waals surface area contributed by atoms with Crippen LogP contribution in [-0.2, 0) is 4.79 Å². The predicted molar refractivity (Wildman–Crippen MR) is 129 cm³/mol. The highest BCUT2D eigenvalue weighted by atomic mass is 79.9. The van der Waals surface area contributed by atoms with Crippen LogP contribution in [0.15, 0.2) is 59.1 Å². The van der Waals surface area contributed by atoms with Crippen LogP contribution in [0.3, 0.4) is 0 Å². The minimum absolute atomic E-state index is 0.0977. The van der Waals surface area contributed by atoms with Crippen molar-refractivity contribution in [3.8, 4) is 11.4 Å². The number of ether oxygens (including phenoxy) is 1. The highest BCUT2D eigenvalue weighted by Gasteiger charge is 2.43. The third-order valence-electron chi connectivity index (χ3n) is 6.34. The van der Waals surface area contributed by atoms with E-state index in [-0.39, 0.29) is 18.2 Å². The molecule has 1 N–H and O–H groups in total. The fourth-order valence-corrected chi connectivity index (χ4v) is 4.98. The lowest BCUT2D eigenvalue weighted by Crippen LogP contribution is -2.52. The number of hydrogen-bond acceptors (Lipinski definition) is 5. The van der Waals surface area contributed by atoms with Crippen molar-refractivity contribution in [1.82, 2.24) is 14.7 Å². The maximum atomic E-state index is 12.7. The molecular formula is C25H25BrN4O3. The third kappa shape index (κ3) is 4.58. The molecule has 1 saturated heterocycles. The largest absolute Gasteiger partial charge is 0.486 e. The first-order valence-electron chi connectivity index (χ1n) is 11.1. The minimum Gasteiger partial charge on any atom is -0.486 e. The molecule has 0 bridgehead atoms. The van der Waals surface area contributed by atoms with Gasteiger partial charge in [0.25, 0.3) is 0 Å². The van der Waals surface area contributed by atoms with Crippen LogP contribution < -0.4 is 10.1 Å². The summed E-state index contributed by atoms with van der Waals surface area (Å²) in [7, 11) is 0. The molecule has 2 aliphatic heterocycles. The Morgan fingerprint density at radius 3 is 2.67 bits per heavy atom. The van der Waals surface area contributed by atoms with Gasteiger partial charge in [-0.2, -0.15) is 0 Å². The number of carbonyl (C=O) groups excluding carboxylic acids is 2. The number of nitrogens with zero attached hydrogens (tertiary/aromatic N) is 3. The molecule has 1 aromatic heterocycles. The SMILES string of the molecule is Cc1cc(NC(=O)CN2CCC3(CC2)CC(=O)c2cc(Br)ccc2O3)nn1-c1ccccc1. The maximum absolute atomic E-state index is 12.7. The van der Waals surface area contributed by atoms with Crippen LogP contribution in [0.1, 0.15) is 35.3 Å². The zero-order valence-electron chi connectivity index (χ0n) is 18.4. The summed E-state index contributed by atoms with van der Waals surface area (Å²) in [4.78, 5) is 27.5. The van der Waals surface area contributed by atoms with Gasteiger partial charge in [-0.15, -0.1) is 5.10 Å². The number of Topliss-reactive ketones (excluding diaryl/α,β-unsaturated/α-hetero) is 1. The van der Waals surface area contributed by atoms with Gasteiger partial charge in [-0.05, 0) is 37.3 Å². The molecule has 5 rings (SSSR count). The van der Waals surface area contributed by atoms with Gasteiger partial charge in [0.05, 0.1) is 24.2 Å². The minimum atomic E-state index is -0.476. The number of piperidine rings is 1. The number of aryl methyl sites for hydroxylation is 1. The first kappa shape index (κ1) is 21.9. The molecular weight excluding hydrogens is 484 g/mol. The molecule has 2 aromatic carbocycles. The number of hydrogen-bond donors (Lipinski definition) is 1. The summed E-state index contributed by atoms with van der Waals surface area (Å²) in [6, 6.07) is 17.3. The van der Waals surface area contributed by atoms with Gasteiger partial charge in [0.1, 0.15) is 11.4 Å². The first-order chi connectivity index (χ1) is 15.9. The van der Waals surface area contributed by atoms with Crippen LogP contribution in [0.25, 0.3) is 5.69 Å². The molecule has 0 saturated carbocycles. The zero-order chi connectivity index (χ0) is 23.0. The second kappa shape index (κ2) is 8.76. The van der Waals surface area contributed by atoms with Crippen LogP contribution in [0.5, 0.6) is 5.75 Å². The summed E-state index contributed by atoms with van der Waals surface area (Å²) in [6.45, 7) is 3.64. The van der Waals surface area contributed by atoms with Crippen molar-refractivity contribution >= 4 is 33.4 Å². The van der Waals surface area contributed by atoms with E-state index < -0.39 is 5.60 Å². The summed E-state index contributed by atoms with van der Waals surface area (Å²) >= 11 is 3.42. The fourth-order valence-electron chi connectivity index (χ4n) is 4.62. The molecule has 2 aliphatic rings. The molecule has 0 radical (unpaired) electrons. The number of rotatable bonds is 4. The standard InChI is InChI=1S/C25H25BrN4O3/c1-17-13-23(28-30(17)19-5-3-2-4-6-19)27-24(32)16-29-11-9-25(10-12-29)15-21(31)20-14-18(26)7-8-22(20)33-25/h2-8,13-14H,9-12,15-16H2,1H3,(H,27,28,32). The summed E-state index contributed by atoms with van der Waals surface area (Å²) < 4.78 is 9.00. The van der Waals surface area contributed by atoms with Gasteiger partial charge in [0.2, 0.25) is 5.91 Å². The van der Waals surface area contributed by atoms with E-state index in [0.29, 0.717) is 49.5 Å². The average Bonchev–Trinajstić information content (AvgIpc) is 3.16. The van der Waals surface area contributed by atoms with E-state index in [4.69, 9.17) is 4.74 Å². The van der Waals surface area contributed by atoms with Crippen LogP contribution >= 0.6 is 15.9 Å². The first-order valence-corrected chi connectivity index (χ1v) is 11.9. The Hall–Kier alpha value is -2.97. The van der Waals surface area contributed by atoms with Crippen LogP contribution in [0.4, 0.5) is 5.82 Å². The fraction of sp³-hybridized carbons (Fsp3) is 0.320. The number of ketones is 1. The summed E-state index contributed by atoms with van der Waals surface area (Å²) in [5, 5.41) is 7.44. The monoisotopic (exact) mass is 508 g/mol. The number of halogens is 1. The van der Waals surface area contributed by atoms with E-state index in [0.717, 1.165) is 15.9 Å². The van der Waals surface area contributed by atoms with Crippen molar-refractivity contribution in [2.45, 2.75) is 31.8 Å². The van der Waals surface area contributed by atoms with E-state index in [1.807, 2.05) is 66.2 Å². The number of carbonyl (C=O) groups is 2. The predicted octanol–water partition coefficient (Wildman–Crippen LogP) is 4.38. The van der Waals surface area contributed by atoms with E-state index in [2.05, 4.69) is 31.2 Å². The second-order valence-electron chi connectivity index (χ2n) is 8.77. The van der Waals surface area contributed by atoms with Gasteiger partial charge in [-0.3, -0.25) is 14.5 Å². The molecule has 33 heavy (non-hydrogen) atoms. The number of aromatic nitrogens is 2. The maximum Gasteiger partial charge on any atom is 0.239 e. The highest BCUT2D eigenvalue weighted by molar-refractivity contribution is 9.10. The van der Waals surface area contributed by atoms with Crippen LogP contribution in [0.2, 0.25) is 0 Å². The van der Waals surface area contributed by atoms with Gasteiger partial charge >= 0.3 is 0 Å². The highest BCUT2D eigenvalue weighted by Crippen LogP contribution is 2.40. The molecule has 0 atom stereocenters. The number of amides is 1. The molecule has 0 aliphatic carbocycles. The molecule has 3 heterocycles. The Kier molecular flexibility index (Phi) is 5.80. The quantitative estimate of drug-likeness (QED) is 0.565. The summed E-state index contributed by atoms with van der Waals surface area (Å²) in [5.74, 6) is 1.22. The number of likely N-dealkylation sites (tertiary alicyclic amines) is 1. The number of para-hydroxylation sites is 1. The van der Waals surface area contributed by atoms with Crippen molar-refractivity contribution in [3.05, 3.63) is 70.3 Å². The van der Waals surface area contributed by atoms with E-state index in [9.17, 15) is 9.59 Å². The Balaban J connectivity index is 1.18. The molecule has 1 fully saturated rings. The Morgan fingerprint density at radius 1 is 1.15 bits per heavy atom. The average molecular weight is 509 g/mol. The molecule has 1 amide bonds. The number of benzene rings is 2. The molecule has 170 valence electrons. The summed E-state index contributed by atoms with van der Waals surface area (Å²) in [5.41, 5.74) is 2.06. The van der Waals surface area contributed by atoms with Gasteiger partial charge in [0.15, 0.2) is 11.6 Å². The lowest BCUT2D eigenvalue weighted by molar-refractivity contribution is -0.118. The lowest BCUT2D eigenvalue weighted by Gasteiger charge is -2.43. The number of fused-ring (bicyclic) bond motifs is 1. The normalized spacial score (nSPS) is 17.5. The molecule has 0 unspecified atom stereocenters. The van der Waals surface area contributed by atoms with Crippen molar-refractivity contribution < 1.29 is 14.3 Å². The lowest BCUT2D eigenvalue weighted by atomic mass is 9.82. The van der Waals surface area contributed by atoms with Crippen LogP contribution in [-0.4, -0.2) is 51.6 Å². The van der Waals surface area contributed by atoms with Crippen molar-refractivity contribution in [3.63, 3.8) is 0 Å². The summed E-state index contributed by atoms with van der Waals surface area (Å²) in [6.07, 6.45) is 1.80. The van der Waals surface area contributed by atoms with Crippen molar-refractivity contribution in [1.29, 1.82) is 0 Å². The Labute approximate surface area is 200 Å². The van der Waals surface area contributed by atoms with E-state index in [1.54, 1.807) is 0 Å². The van der Waals surface area contributed by atoms with Crippen LogP contribution in [0, 0.1) is 6.92 Å². The van der Waals surface area contributed by atoms with E-state index >= 15 is 0 Å². The molecule has 8 heteroatoms. The Bertz CT molecular complexity index is 1200. The molecule has 3 aromatic rings. The Morgan fingerprint density at radius 2 is 1.91 bits per heavy atom. The smallest absolute Gasteiger partial charge is 0.239 e. The van der Waals surface area contributed by atoms with Gasteiger partial charge in [-0.25, -0.2) is 4.68 Å². The van der Waals surface area contributed by atoms with Gasteiger partial charge < -0.3 is 10.1 Å². The van der Waals surface area contributed by atoms with Gasteiger partial charge in [0, 0.05) is 42.2 Å². The second-order valence-corrected chi connectivity index (χ2v) is 9.68. The topological polar surface area (TPSA) is 76.5 Å². The number of anilines is 1. The molecule has 1 spiro atoms. The zero-order valence-corrected chi connectivity index (χ0v) is 20.0. The van der Waals surface area contributed by atoms with Crippen molar-refractivity contribution in [2.75, 3.05) is 25.0 Å².